The molecule has 164 valence electrons. The van der Waals surface area contributed by atoms with Gasteiger partial charge in [0.1, 0.15) is 5.82 Å². The summed E-state index contributed by atoms with van der Waals surface area (Å²) in [5, 5.41) is 0. The van der Waals surface area contributed by atoms with Crippen molar-refractivity contribution >= 4 is 28.4 Å². The average Bonchev–Trinajstić information content (AvgIpc) is 3.26. The molecule has 1 amide bonds. The first kappa shape index (κ1) is 20.7. The number of H-pyrrole nitrogens is 1. The molecule has 6 nitrogen and oxygen atoms in total. The van der Waals surface area contributed by atoms with Crippen LogP contribution in [0.1, 0.15) is 18.3 Å². The first-order chi connectivity index (χ1) is 16.2. The van der Waals surface area contributed by atoms with Crippen LogP contribution in [0.4, 0.5) is 11.5 Å². The Morgan fingerprint density at radius 1 is 1.06 bits per heavy atom. The third kappa shape index (κ3) is 4.28. The number of nitrogens with zero attached hydrogens (tertiary/aromatic N) is 4. The van der Waals surface area contributed by atoms with E-state index in [1.807, 2.05) is 84.6 Å². The van der Waals surface area contributed by atoms with Gasteiger partial charge < -0.3 is 9.88 Å². The maximum absolute atomic E-state index is 13.3. The predicted molar refractivity (Wildman–Crippen MR) is 132 cm³/mol. The molecule has 0 atom stereocenters. The molecule has 0 bridgehead atoms. The van der Waals surface area contributed by atoms with Crippen molar-refractivity contribution in [3.8, 4) is 0 Å². The zero-order valence-corrected chi connectivity index (χ0v) is 18.5. The van der Waals surface area contributed by atoms with Gasteiger partial charge in [0.25, 0.3) is 5.91 Å². The lowest BCUT2D eigenvalue weighted by Gasteiger charge is -2.36. The Hall–Kier alpha value is -4.19. The number of rotatable bonds is 6. The summed E-state index contributed by atoms with van der Waals surface area (Å²) in [5.74, 6) is 1.72. The molecule has 0 radical (unpaired) electrons. The van der Waals surface area contributed by atoms with Crippen LogP contribution in [0.3, 0.4) is 0 Å². The van der Waals surface area contributed by atoms with Crippen molar-refractivity contribution in [2.75, 3.05) is 16.3 Å². The van der Waals surface area contributed by atoms with Crippen LogP contribution in [0.2, 0.25) is 0 Å². The van der Waals surface area contributed by atoms with Gasteiger partial charge in [-0.2, -0.15) is 0 Å². The van der Waals surface area contributed by atoms with Crippen LogP contribution in [0, 0.1) is 0 Å². The number of carbonyl (C=O) groups is 1. The van der Waals surface area contributed by atoms with Gasteiger partial charge in [0.15, 0.2) is 5.82 Å². The van der Waals surface area contributed by atoms with E-state index in [9.17, 15) is 4.79 Å². The molecule has 1 aliphatic heterocycles. The average molecular weight is 436 g/mol. The normalized spacial score (nSPS) is 14.3. The molecule has 2 aromatic heterocycles. The van der Waals surface area contributed by atoms with Crippen molar-refractivity contribution in [1.29, 1.82) is 0 Å². The van der Waals surface area contributed by atoms with Crippen molar-refractivity contribution in [3.63, 3.8) is 0 Å². The third-order valence-electron chi connectivity index (χ3n) is 5.69. The zero-order valence-electron chi connectivity index (χ0n) is 18.5. The van der Waals surface area contributed by atoms with E-state index < -0.39 is 0 Å². The third-order valence-corrected chi connectivity index (χ3v) is 5.69. The van der Waals surface area contributed by atoms with E-state index in [1.165, 1.54) is 0 Å². The number of aromatic amines is 1. The molecule has 3 heterocycles. The number of imidazole rings is 1. The van der Waals surface area contributed by atoms with Crippen LogP contribution in [-0.2, 0) is 17.8 Å². The largest absolute Gasteiger partial charge is 0.342 e. The minimum atomic E-state index is 0.0212. The van der Waals surface area contributed by atoms with Crippen molar-refractivity contribution in [2.24, 2.45) is 0 Å². The van der Waals surface area contributed by atoms with Crippen molar-refractivity contribution < 1.29 is 4.79 Å². The van der Waals surface area contributed by atoms with Crippen molar-refractivity contribution in [2.45, 2.75) is 19.9 Å². The molecule has 0 aliphatic carbocycles. The van der Waals surface area contributed by atoms with Crippen molar-refractivity contribution in [3.05, 3.63) is 108 Å². The Morgan fingerprint density at radius 3 is 2.70 bits per heavy atom. The SMILES string of the molecule is C/C=C(\C=C/Cc1nc2ccccc2[nH]1)N1C(=O)CN(Cc2ccccc2)c2ncccc21. The van der Waals surface area contributed by atoms with Crippen LogP contribution < -0.4 is 9.80 Å². The van der Waals surface area contributed by atoms with Crippen LogP contribution >= 0.6 is 0 Å². The number of aromatic nitrogens is 3. The maximum atomic E-state index is 13.3. The highest BCUT2D eigenvalue weighted by Gasteiger charge is 2.31. The lowest BCUT2D eigenvalue weighted by molar-refractivity contribution is -0.117. The Bertz CT molecular complexity index is 1310. The fourth-order valence-electron chi connectivity index (χ4n) is 4.16. The first-order valence-corrected chi connectivity index (χ1v) is 11.1. The lowest BCUT2D eigenvalue weighted by Crippen LogP contribution is -2.45. The summed E-state index contributed by atoms with van der Waals surface area (Å²) in [6, 6.07) is 22.0. The second-order valence-corrected chi connectivity index (χ2v) is 7.94. The highest BCUT2D eigenvalue weighted by molar-refractivity contribution is 6.05. The molecule has 0 unspecified atom stereocenters. The summed E-state index contributed by atoms with van der Waals surface area (Å²) in [7, 11) is 0. The number of amides is 1. The molecule has 6 heteroatoms. The number of nitrogens with one attached hydrogen (secondary N) is 1. The van der Waals surface area contributed by atoms with Crippen molar-refractivity contribution in [1.82, 2.24) is 15.0 Å². The molecule has 33 heavy (non-hydrogen) atoms. The van der Waals surface area contributed by atoms with Gasteiger partial charge in [-0.15, -0.1) is 0 Å². The topological polar surface area (TPSA) is 65.1 Å². The maximum Gasteiger partial charge on any atom is 0.251 e. The molecule has 0 fully saturated rings. The first-order valence-electron chi connectivity index (χ1n) is 11.1. The van der Waals surface area contributed by atoms with Crippen LogP contribution in [0.25, 0.3) is 11.0 Å². The number of hydrogen-bond acceptors (Lipinski definition) is 4. The van der Waals surface area contributed by atoms with Gasteiger partial charge in [-0.1, -0.05) is 54.6 Å². The number of pyridine rings is 1. The van der Waals surface area contributed by atoms with E-state index in [0.29, 0.717) is 13.0 Å². The summed E-state index contributed by atoms with van der Waals surface area (Å²) in [6.45, 7) is 2.85. The Labute approximate surface area is 192 Å². The van der Waals surface area contributed by atoms with E-state index in [2.05, 4.69) is 27.1 Å². The molecule has 5 rings (SSSR count). The molecule has 4 aromatic rings. The van der Waals surface area contributed by atoms with Gasteiger partial charge in [0.05, 0.1) is 23.3 Å². The molecular weight excluding hydrogens is 410 g/mol. The van der Waals surface area contributed by atoms with Crippen LogP contribution in [-0.4, -0.2) is 27.4 Å². The monoisotopic (exact) mass is 435 g/mol. The van der Waals surface area contributed by atoms with E-state index >= 15 is 0 Å². The minimum absolute atomic E-state index is 0.0212. The summed E-state index contributed by atoms with van der Waals surface area (Å²) < 4.78 is 0. The second kappa shape index (κ2) is 9.12. The van der Waals surface area contributed by atoms with E-state index in [-0.39, 0.29) is 12.5 Å². The van der Waals surface area contributed by atoms with Crippen LogP contribution in [0.5, 0.6) is 0 Å². The zero-order chi connectivity index (χ0) is 22.6. The molecular formula is C27H25N5O. The molecule has 1 aliphatic rings. The molecule has 0 spiro atoms. The summed E-state index contributed by atoms with van der Waals surface area (Å²) in [6.07, 6.45) is 8.39. The van der Waals surface area contributed by atoms with E-state index in [1.54, 1.807) is 11.1 Å². The smallest absolute Gasteiger partial charge is 0.251 e. The van der Waals surface area contributed by atoms with Gasteiger partial charge in [-0.3, -0.25) is 9.69 Å². The quantitative estimate of drug-likeness (QED) is 0.432. The molecule has 2 aromatic carbocycles. The standard InChI is InChI=1S/C27H25N5O/c1-2-21(12-8-16-25-29-22-13-6-7-14-23(22)30-25)32-24-15-9-17-28-27(24)31(19-26(32)33)18-20-10-4-3-5-11-20/h2-15,17H,16,18-19H2,1H3,(H,29,30)/b12-8-,21-2+. The number of allylic oxidation sites excluding steroid dienone is 3. The highest BCUT2D eigenvalue weighted by atomic mass is 16.2. The Morgan fingerprint density at radius 2 is 1.88 bits per heavy atom. The minimum Gasteiger partial charge on any atom is -0.342 e. The summed E-state index contributed by atoms with van der Waals surface area (Å²) >= 11 is 0. The van der Waals surface area contributed by atoms with Gasteiger partial charge >= 0.3 is 0 Å². The number of para-hydroxylation sites is 2. The number of benzene rings is 2. The molecule has 0 saturated carbocycles. The van der Waals surface area contributed by atoms with Crippen LogP contribution in [0.15, 0.2) is 96.9 Å². The number of anilines is 2. The number of hydrogen-bond donors (Lipinski definition) is 1. The van der Waals surface area contributed by atoms with Gasteiger partial charge in [-0.25, -0.2) is 9.97 Å². The summed E-state index contributed by atoms with van der Waals surface area (Å²) in [5.41, 5.74) is 4.75. The fraction of sp³-hybridized carbons (Fsp3) is 0.148. The highest BCUT2D eigenvalue weighted by Crippen LogP contribution is 2.35. The number of fused-ring (bicyclic) bond motifs is 2. The van der Waals surface area contributed by atoms with Gasteiger partial charge in [0, 0.05) is 24.9 Å². The predicted octanol–water partition coefficient (Wildman–Crippen LogP) is 5.01. The molecule has 1 N–H and O–H groups in total. The number of carbonyl (C=O) groups excluding carboxylic acids is 1. The summed E-state index contributed by atoms with van der Waals surface area (Å²) in [4.78, 5) is 29.7. The fourth-order valence-corrected chi connectivity index (χ4v) is 4.16. The van der Waals surface area contributed by atoms with E-state index in [4.69, 9.17) is 0 Å². The van der Waals surface area contributed by atoms with E-state index in [0.717, 1.165) is 39.6 Å². The van der Waals surface area contributed by atoms with Gasteiger partial charge in [-0.05, 0) is 42.8 Å². The second-order valence-electron chi connectivity index (χ2n) is 7.94. The lowest BCUT2D eigenvalue weighted by atomic mass is 10.1. The van der Waals surface area contributed by atoms with Gasteiger partial charge in [0.2, 0.25) is 0 Å². The molecule has 0 saturated heterocycles. The Kier molecular flexibility index (Phi) is 5.72. The Balaban J connectivity index is 1.38.